The molecule has 0 atom stereocenters. The molecule has 0 saturated heterocycles. The van der Waals surface area contributed by atoms with Gasteiger partial charge in [-0.3, -0.25) is 4.68 Å². The molecule has 0 unspecified atom stereocenters. The molecule has 0 bridgehead atoms. The number of nitrogens with zero attached hydrogens (tertiary/aromatic N) is 3. The highest BCUT2D eigenvalue weighted by Gasteiger charge is 2.10. The van der Waals surface area contributed by atoms with Crippen molar-refractivity contribution in [2.45, 2.75) is 20.4 Å². The fourth-order valence-corrected chi connectivity index (χ4v) is 1.68. The molecule has 78 valence electrons. The van der Waals surface area contributed by atoms with Crippen LogP contribution in [0.2, 0.25) is 0 Å². The summed E-state index contributed by atoms with van der Waals surface area (Å²) in [6, 6.07) is 3.85. The van der Waals surface area contributed by atoms with E-state index in [1.54, 1.807) is 6.20 Å². The molecule has 0 saturated carbocycles. The summed E-state index contributed by atoms with van der Waals surface area (Å²) in [5, 5.41) is 4.29. The summed E-state index contributed by atoms with van der Waals surface area (Å²) in [6.45, 7) is 4.97. The Morgan fingerprint density at radius 1 is 1.40 bits per heavy atom. The van der Waals surface area contributed by atoms with Crippen molar-refractivity contribution in [2.24, 2.45) is 0 Å². The van der Waals surface area contributed by atoms with Gasteiger partial charge < -0.3 is 5.73 Å². The van der Waals surface area contributed by atoms with Crippen LogP contribution in [0.4, 0.5) is 5.82 Å². The zero-order chi connectivity index (χ0) is 10.8. The minimum Gasteiger partial charge on any atom is -0.383 e. The van der Waals surface area contributed by atoms with E-state index in [2.05, 4.69) is 17.0 Å². The maximum absolute atomic E-state index is 5.82. The number of hydrogen-bond acceptors (Lipinski definition) is 3. The first kappa shape index (κ1) is 9.71. The Bertz CT molecular complexity index is 473. The molecule has 4 nitrogen and oxygen atoms in total. The lowest BCUT2D eigenvalue weighted by Gasteiger charge is -2.04. The zero-order valence-corrected chi connectivity index (χ0v) is 8.94. The molecule has 15 heavy (non-hydrogen) atoms. The zero-order valence-electron chi connectivity index (χ0n) is 8.94. The van der Waals surface area contributed by atoms with Gasteiger partial charge in [0.2, 0.25) is 0 Å². The Labute approximate surface area is 88.8 Å². The SMILES string of the molecule is CCn1ncc(-c2cccnc2N)c1C. The van der Waals surface area contributed by atoms with Crippen molar-refractivity contribution in [1.29, 1.82) is 0 Å². The summed E-state index contributed by atoms with van der Waals surface area (Å²) >= 11 is 0. The molecule has 0 aliphatic heterocycles. The van der Waals surface area contributed by atoms with Gasteiger partial charge in [-0.2, -0.15) is 5.10 Å². The van der Waals surface area contributed by atoms with Gasteiger partial charge in [0.1, 0.15) is 5.82 Å². The van der Waals surface area contributed by atoms with E-state index in [1.807, 2.05) is 29.9 Å². The first-order chi connectivity index (χ1) is 7.24. The van der Waals surface area contributed by atoms with E-state index in [9.17, 15) is 0 Å². The fraction of sp³-hybridized carbons (Fsp3) is 0.273. The molecule has 0 amide bonds. The van der Waals surface area contributed by atoms with E-state index in [1.165, 1.54) is 0 Å². The summed E-state index contributed by atoms with van der Waals surface area (Å²) in [7, 11) is 0. The van der Waals surface area contributed by atoms with Crippen LogP contribution in [0.1, 0.15) is 12.6 Å². The lowest BCUT2D eigenvalue weighted by molar-refractivity contribution is 0.640. The molecule has 0 aliphatic rings. The summed E-state index contributed by atoms with van der Waals surface area (Å²) < 4.78 is 1.95. The van der Waals surface area contributed by atoms with Crippen LogP contribution in [-0.4, -0.2) is 14.8 Å². The monoisotopic (exact) mass is 202 g/mol. The highest BCUT2D eigenvalue weighted by atomic mass is 15.3. The third kappa shape index (κ3) is 1.58. The summed E-state index contributed by atoms with van der Waals surface area (Å²) in [6.07, 6.45) is 3.53. The molecule has 0 radical (unpaired) electrons. The summed E-state index contributed by atoms with van der Waals surface area (Å²) in [5.41, 5.74) is 8.96. The van der Waals surface area contributed by atoms with Crippen LogP contribution in [0.3, 0.4) is 0 Å². The molecule has 0 fully saturated rings. The van der Waals surface area contributed by atoms with E-state index < -0.39 is 0 Å². The predicted octanol–water partition coefficient (Wildman–Crippen LogP) is 1.86. The number of aromatic nitrogens is 3. The molecule has 4 heteroatoms. The van der Waals surface area contributed by atoms with Crippen molar-refractivity contribution in [3.8, 4) is 11.1 Å². The van der Waals surface area contributed by atoms with Crippen LogP contribution in [0.25, 0.3) is 11.1 Å². The molecule has 2 rings (SSSR count). The van der Waals surface area contributed by atoms with Crippen molar-refractivity contribution in [3.63, 3.8) is 0 Å². The molecule has 2 aromatic heterocycles. The third-order valence-corrected chi connectivity index (χ3v) is 2.53. The standard InChI is InChI=1S/C11H14N4/c1-3-15-8(2)10(7-14-15)9-5-4-6-13-11(9)12/h4-7H,3H2,1-2H3,(H2,12,13). The van der Waals surface area contributed by atoms with Crippen molar-refractivity contribution in [3.05, 3.63) is 30.2 Å². The van der Waals surface area contributed by atoms with Gasteiger partial charge in [0.25, 0.3) is 0 Å². The van der Waals surface area contributed by atoms with Gasteiger partial charge in [0.05, 0.1) is 6.20 Å². The highest BCUT2D eigenvalue weighted by Crippen LogP contribution is 2.26. The lowest BCUT2D eigenvalue weighted by atomic mass is 10.1. The quantitative estimate of drug-likeness (QED) is 0.808. The van der Waals surface area contributed by atoms with Crippen molar-refractivity contribution < 1.29 is 0 Å². The van der Waals surface area contributed by atoms with E-state index in [4.69, 9.17) is 5.73 Å². The van der Waals surface area contributed by atoms with Gasteiger partial charge >= 0.3 is 0 Å². The van der Waals surface area contributed by atoms with Crippen molar-refractivity contribution in [1.82, 2.24) is 14.8 Å². The second kappa shape index (κ2) is 3.73. The molecule has 0 aliphatic carbocycles. The van der Waals surface area contributed by atoms with Gasteiger partial charge in [0, 0.05) is 29.6 Å². The first-order valence-electron chi connectivity index (χ1n) is 4.97. The molecule has 2 aromatic rings. The lowest BCUT2D eigenvalue weighted by Crippen LogP contribution is -1.99. The smallest absolute Gasteiger partial charge is 0.131 e. The largest absolute Gasteiger partial charge is 0.383 e. The van der Waals surface area contributed by atoms with E-state index in [0.717, 1.165) is 23.4 Å². The summed E-state index contributed by atoms with van der Waals surface area (Å²) in [5.74, 6) is 0.552. The molecule has 2 N–H and O–H groups in total. The molecule has 2 heterocycles. The normalized spacial score (nSPS) is 10.5. The molecule has 0 spiro atoms. The maximum Gasteiger partial charge on any atom is 0.131 e. The third-order valence-electron chi connectivity index (χ3n) is 2.53. The van der Waals surface area contributed by atoms with Crippen molar-refractivity contribution >= 4 is 5.82 Å². The minimum atomic E-state index is 0.552. The van der Waals surface area contributed by atoms with E-state index >= 15 is 0 Å². The number of aryl methyl sites for hydroxylation is 1. The Hall–Kier alpha value is -1.84. The van der Waals surface area contributed by atoms with Crippen LogP contribution in [0.15, 0.2) is 24.5 Å². The van der Waals surface area contributed by atoms with Crippen LogP contribution in [0, 0.1) is 6.92 Å². The molecular formula is C11H14N4. The second-order valence-electron chi connectivity index (χ2n) is 3.40. The maximum atomic E-state index is 5.82. The van der Waals surface area contributed by atoms with Gasteiger partial charge in [-0.25, -0.2) is 4.98 Å². The average molecular weight is 202 g/mol. The number of anilines is 1. The molecule has 0 aromatic carbocycles. The average Bonchev–Trinajstić information content (AvgIpc) is 2.60. The number of pyridine rings is 1. The minimum absolute atomic E-state index is 0.552. The first-order valence-corrected chi connectivity index (χ1v) is 4.97. The number of hydrogen-bond donors (Lipinski definition) is 1. The van der Waals surface area contributed by atoms with Crippen LogP contribution >= 0.6 is 0 Å². The van der Waals surface area contributed by atoms with Crippen LogP contribution in [0.5, 0.6) is 0 Å². The number of nitrogen functional groups attached to an aromatic ring is 1. The topological polar surface area (TPSA) is 56.7 Å². The van der Waals surface area contributed by atoms with E-state index in [-0.39, 0.29) is 0 Å². The summed E-state index contributed by atoms with van der Waals surface area (Å²) in [4.78, 5) is 4.07. The molecular weight excluding hydrogens is 188 g/mol. The van der Waals surface area contributed by atoms with E-state index in [0.29, 0.717) is 5.82 Å². The van der Waals surface area contributed by atoms with Gasteiger partial charge in [-0.15, -0.1) is 0 Å². The number of rotatable bonds is 2. The van der Waals surface area contributed by atoms with Gasteiger partial charge in [-0.05, 0) is 26.0 Å². The number of nitrogens with two attached hydrogens (primary N) is 1. The second-order valence-corrected chi connectivity index (χ2v) is 3.40. The van der Waals surface area contributed by atoms with Crippen LogP contribution < -0.4 is 5.73 Å². The Kier molecular flexibility index (Phi) is 2.41. The highest BCUT2D eigenvalue weighted by molar-refractivity contribution is 5.74. The fourth-order valence-electron chi connectivity index (χ4n) is 1.68. The van der Waals surface area contributed by atoms with Crippen molar-refractivity contribution in [2.75, 3.05) is 5.73 Å². The Morgan fingerprint density at radius 3 is 2.80 bits per heavy atom. The van der Waals surface area contributed by atoms with Crippen LogP contribution in [-0.2, 0) is 6.54 Å². The predicted molar refractivity (Wildman–Crippen MR) is 60.3 cm³/mol. The Morgan fingerprint density at radius 2 is 2.20 bits per heavy atom. The van der Waals surface area contributed by atoms with Gasteiger partial charge in [-0.1, -0.05) is 0 Å². The van der Waals surface area contributed by atoms with Gasteiger partial charge in [0.15, 0.2) is 0 Å². The Balaban J connectivity index is 2.55.